The number of para-hydroxylation sites is 1. The van der Waals surface area contributed by atoms with E-state index in [-0.39, 0.29) is 23.3 Å². The highest BCUT2D eigenvalue weighted by Gasteiger charge is 2.20. The number of anilines is 1. The van der Waals surface area contributed by atoms with Crippen LogP contribution in [0.25, 0.3) is 10.9 Å². The molecule has 1 amide bonds. The number of hydrogen-bond acceptors (Lipinski definition) is 6. The summed E-state index contributed by atoms with van der Waals surface area (Å²) in [6, 6.07) is 12.3. The molecule has 1 fully saturated rings. The number of benzene rings is 2. The fourth-order valence-corrected chi connectivity index (χ4v) is 4.55. The molecule has 7 nitrogen and oxygen atoms in total. The molecule has 0 radical (unpaired) electrons. The van der Waals surface area contributed by atoms with E-state index in [2.05, 4.69) is 10.3 Å². The van der Waals surface area contributed by atoms with E-state index in [9.17, 15) is 9.59 Å². The zero-order valence-electron chi connectivity index (χ0n) is 17.0. The first kappa shape index (κ1) is 21.7. The third kappa shape index (κ3) is 5.03. The van der Waals surface area contributed by atoms with Crippen molar-refractivity contribution in [3.8, 4) is 5.75 Å². The van der Waals surface area contributed by atoms with Crippen LogP contribution < -0.4 is 15.6 Å². The lowest BCUT2D eigenvalue weighted by Crippen LogP contribution is -2.29. The lowest BCUT2D eigenvalue weighted by atomic mass is 10.2. The van der Waals surface area contributed by atoms with E-state index in [1.807, 2.05) is 12.1 Å². The second kappa shape index (κ2) is 9.72. The quantitative estimate of drug-likeness (QED) is 0.425. The van der Waals surface area contributed by atoms with E-state index < -0.39 is 0 Å². The Labute approximate surface area is 188 Å². The van der Waals surface area contributed by atoms with Crippen molar-refractivity contribution in [1.82, 2.24) is 9.55 Å². The first-order valence-electron chi connectivity index (χ1n) is 9.92. The Morgan fingerprint density at radius 2 is 2.19 bits per heavy atom. The maximum atomic E-state index is 13.1. The van der Waals surface area contributed by atoms with Gasteiger partial charge in [0.1, 0.15) is 5.75 Å². The summed E-state index contributed by atoms with van der Waals surface area (Å²) in [5, 5.41) is 4.28. The summed E-state index contributed by atoms with van der Waals surface area (Å²) in [5.41, 5.74) is 1.06. The van der Waals surface area contributed by atoms with Crippen LogP contribution >= 0.6 is 23.4 Å². The number of hydrogen-bond donors (Lipinski definition) is 1. The summed E-state index contributed by atoms with van der Waals surface area (Å²) in [7, 11) is 1.53. The summed E-state index contributed by atoms with van der Waals surface area (Å²) in [5.74, 6) is 0.407. The number of fused-ring (bicyclic) bond motifs is 1. The lowest BCUT2D eigenvalue weighted by molar-refractivity contribution is -0.113. The lowest BCUT2D eigenvalue weighted by Gasteiger charge is -2.16. The van der Waals surface area contributed by atoms with Gasteiger partial charge in [-0.3, -0.25) is 14.2 Å². The van der Waals surface area contributed by atoms with Gasteiger partial charge in [0.05, 0.1) is 41.4 Å². The predicted octanol–water partition coefficient (Wildman–Crippen LogP) is 3.97. The van der Waals surface area contributed by atoms with Gasteiger partial charge < -0.3 is 14.8 Å². The molecule has 1 aromatic heterocycles. The maximum Gasteiger partial charge on any atom is 0.262 e. The number of ether oxygens (including phenoxy) is 2. The average molecular weight is 460 g/mol. The van der Waals surface area contributed by atoms with Gasteiger partial charge in [0.25, 0.3) is 5.56 Å². The molecule has 1 aliphatic heterocycles. The van der Waals surface area contributed by atoms with Crippen molar-refractivity contribution >= 4 is 45.9 Å². The minimum Gasteiger partial charge on any atom is -0.495 e. The molecule has 0 aliphatic carbocycles. The molecule has 0 spiro atoms. The van der Waals surface area contributed by atoms with Crippen LogP contribution in [-0.4, -0.2) is 41.0 Å². The molecule has 162 valence electrons. The largest absolute Gasteiger partial charge is 0.495 e. The highest BCUT2D eigenvalue weighted by molar-refractivity contribution is 7.99. The molecule has 9 heteroatoms. The Morgan fingerprint density at radius 1 is 1.35 bits per heavy atom. The second-order valence-corrected chi connectivity index (χ2v) is 8.50. The van der Waals surface area contributed by atoms with E-state index in [1.165, 1.54) is 18.9 Å². The topological polar surface area (TPSA) is 82.5 Å². The Morgan fingerprint density at radius 3 is 2.94 bits per heavy atom. The van der Waals surface area contributed by atoms with E-state index in [0.717, 1.165) is 12.8 Å². The van der Waals surface area contributed by atoms with Crippen molar-refractivity contribution in [2.24, 2.45) is 0 Å². The van der Waals surface area contributed by atoms with Crippen LogP contribution in [0.5, 0.6) is 5.75 Å². The molecule has 31 heavy (non-hydrogen) atoms. The van der Waals surface area contributed by atoms with E-state index in [0.29, 0.717) is 45.7 Å². The number of carbonyl (C=O) groups excluding carboxylic acids is 1. The second-order valence-electron chi connectivity index (χ2n) is 7.15. The van der Waals surface area contributed by atoms with Gasteiger partial charge in [0.15, 0.2) is 5.16 Å². The third-order valence-corrected chi connectivity index (χ3v) is 6.28. The molecule has 1 unspecified atom stereocenters. The number of halogens is 1. The summed E-state index contributed by atoms with van der Waals surface area (Å²) in [4.78, 5) is 30.3. The molecule has 0 bridgehead atoms. The van der Waals surface area contributed by atoms with Crippen molar-refractivity contribution in [3.05, 3.63) is 57.8 Å². The van der Waals surface area contributed by atoms with Gasteiger partial charge in [-0.25, -0.2) is 4.98 Å². The van der Waals surface area contributed by atoms with Crippen molar-refractivity contribution < 1.29 is 14.3 Å². The molecular weight excluding hydrogens is 438 g/mol. The van der Waals surface area contributed by atoms with E-state index in [4.69, 9.17) is 21.1 Å². The van der Waals surface area contributed by atoms with Gasteiger partial charge >= 0.3 is 0 Å². The van der Waals surface area contributed by atoms with Gasteiger partial charge in [-0.1, -0.05) is 35.5 Å². The predicted molar refractivity (Wildman–Crippen MR) is 122 cm³/mol. The fraction of sp³-hybridized carbons (Fsp3) is 0.318. The number of rotatable bonds is 7. The molecular formula is C22H22ClN3O4S. The number of thioether (sulfide) groups is 1. The summed E-state index contributed by atoms with van der Waals surface area (Å²) >= 11 is 7.34. The molecule has 1 aliphatic rings. The molecule has 1 atom stereocenters. The van der Waals surface area contributed by atoms with Crippen LogP contribution in [0.4, 0.5) is 5.69 Å². The van der Waals surface area contributed by atoms with Crippen LogP contribution in [0.1, 0.15) is 12.8 Å². The minimum absolute atomic E-state index is 0.0183. The average Bonchev–Trinajstić information content (AvgIpc) is 3.28. The Bertz CT molecular complexity index is 1160. The molecule has 2 heterocycles. The summed E-state index contributed by atoms with van der Waals surface area (Å²) in [6.45, 7) is 1.13. The van der Waals surface area contributed by atoms with Crippen LogP contribution in [0, 0.1) is 0 Å². The highest BCUT2D eigenvalue weighted by Crippen LogP contribution is 2.27. The zero-order chi connectivity index (χ0) is 21.8. The van der Waals surface area contributed by atoms with Crippen molar-refractivity contribution in [1.29, 1.82) is 0 Å². The smallest absolute Gasteiger partial charge is 0.262 e. The molecule has 3 aromatic rings. The first-order valence-corrected chi connectivity index (χ1v) is 11.3. The molecule has 4 rings (SSSR count). The van der Waals surface area contributed by atoms with Crippen LogP contribution in [-0.2, 0) is 16.1 Å². The Balaban J connectivity index is 1.53. The number of aromatic nitrogens is 2. The fourth-order valence-electron chi connectivity index (χ4n) is 3.48. The summed E-state index contributed by atoms with van der Waals surface area (Å²) < 4.78 is 12.5. The molecule has 0 saturated carbocycles. The van der Waals surface area contributed by atoms with Crippen LogP contribution in [0.3, 0.4) is 0 Å². The van der Waals surface area contributed by atoms with Gasteiger partial charge in [0, 0.05) is 12.3 Å². The SMILES string of the molecule is COc1ccc(NC(=O)CSc2nc3ccccc3c(=O)n2CC2CCCO2)cc1Cl. The molecule has 2 aromatic carbocycles. The Kier molecular flexibility index (Phi) is 6.80. The maximum absolute atomic E-state index is 13.1. The summed E-state index contributed by atoms with van der Waals surface area (Å²) in [6.07, 6.45) is 1.87. The van der Waals surface area contributed by atoms with Crippen molar-refractivity contribution in [2.75, 3.05) is 24.8 Å². The van der Waals surface area contributed by atoms with E-state index in [1.54, 1.807) is 34.9 Å². The number of methoxy groups -OCH3 is 1. The monoisotopic (exact) mass is 459 g/mol. The number of carbonyl (C=O) groups is 1. The Hall–Kier alpha value is -2.55. The minimum atomic E-state index is -0.225. The van der Waals surface area contributed by atoms with Crippen LogP contribution in [0.2, 0.25) is 5.02 Å². The normalized spacial score (nSPS) is 15.9. The number of amides is 1. The zero-order valence-corrected chi connectivity index (χ0v) is 18.5. The van der Waals surface area contributed by atoms with Gasteiger partial charge in [-0.15, -0.1) is 0 Å². The van der Waals surface area contributed by atoms with E-state index >= 15 is 0 Å². The van der Waals surface area contributed by atoms with Gasteiger partial charge in [-0.05, 0) is 43.2 Å². The third-order valence-electron chi connectivity index (χ3n) is 5.00. The van der Waals surface area contributed by atoms with Gasteiger partial charge in [0.2, 0.25) is 5.91 Å². The van der Waals surface area contributed by atoms with Crippen LogP contribution in [0.15, 0.2) is 52.4 Å². The molecule has 1 N–H and O–H groups in total. The first-order chi connectivity index (χ1) is 15.0. The molecule has 1 saturated heterocycles. The van der Waals surface area contributed by atoms with Crippen molar-refractivity contribution in [3.63, 3.8) is 0 Å². The van der Waals surface area contributed by atoms with Crippen molar-refractivity contribution in [2.45, 2.75) is 30.6 Å². The number of nitrogens with zero attached hydrogens (tertiary/aromatic N) is 2. The number of nitrogens with one attached hydrogen (secondary N) is 1. The highest BCUT2D eigenvalue weighted by atomic mass is 35.5. The van der Waals surface area contributed by atoms with Gasteiger partial charge in [-0.2, -0.15) is 0 Å². The standard InChI is InChI=1S/C22H22ClN3O4S/c1-29-19-9-8-14(11-17(19)23)24-20(27)13-31-22-25-18-7-3-2-6-16(18)21(28)26(22)12-15-5-4-10-30-15/h2-3,6-9,11,15H,4-5,10,12-13H2,1H3,(H,24,27).